The fourth-order valence-electron chi connectivity index (χ4n) is 2.29. The zero-order valence-corrected chi connectivity index (χ0v) is 14.3. The first-order valence-corrected chi connectivity index (χ1v) is 8.16. The van der Waals surface area contributed by atoms with Crippen LogP contribution in [0.1, 0.15) is 44.7 Å². The minimum atomic E-state index is -0.549. The van der Waals surface area contributed by atoms with Gasteiger partial charge >= 0.3 is 0 Å². The van der Waals surface area contributed by atoms with Crippen molar-refractivity contribution < 1.29 is 9.53 Å². The number of aryl methyl sites for hydroxylation is 1. The number of amides is 1. The summed E-state index contributed by atoms with van der Waals surface area (Å²) < 4.78 is 5.74. The first-order valence-electron chi connectivity index (χ1n) is 8.16. The first-order chi connectivity index (χ1) is 11.0. The Bertz CT molecular complexity index is 647. The highest BCUT2D eigenvalue weighted by Gasteiger charge is 2.15. The van der Waals surface area contributed by atoms with E-state index >= 15 is 0 Å². The standard InChI is InChI=1S/C20H25NO2/c1-5-16-7-6-8-19(13-16)23-15(4)20(22)21-18-11-9-17(10-12-18)14(2)3/h6-15H,5H2,1-4H3,(H,21,22). The molecule has 0 radical (unpaired) electrons. The van der Waals surface area contributed by atoms with E-state index in [2.05, 4.69) is 26.1 Å². The molecule has 0 spiro atoms. The van der Waals surface area contributed by atoms with Crippen LogP contribution in [0.3, 0.4) is 0 Å². The van der Waals surface area contributed by atoms with Gasteiger partial charge in [-0.1, -0.05) is 45.0 Å². The van der Waals surface area contributed by atoms with Crippen molar-refractivity contribution in [2.45, 2.75) is 46.1 Å². The highest BCUT2D eigenvalue weighted by molar-refractivity contribution is 5.94. The Kier molecular flexibility index (Phi) is 5.80. The van der Waals surface area contributed by atoms with Gasteiger partial charge in [-0.2, -0.15) is 0 Å². The third-order valence-electron chi connectivity index (χ3n) is 3.83. The fraction of sp³-hybridized carbons (Fsp3) is 0.350. The second kappa shape index (κ2) is 7.82. The van der Waals surface area contributed by atoms with Gasteiger partial charge in [-0.15, -0.1) is 0 Å². The van der Waals surface area contributed by atoms with Gasteiger partial charge in [0.1, 0.15) is 5.75 Å². The molecule has 2 aromatic rings. The summed E-state index contributed by atoms with van der Waals surface area (Å²) in [6, 6.07) is 15.8. The summed E-state index contributed by atoms with van der Waals surface area (Å²) in [6.07, 6.45) is 0.395. The molecule has 0 saturated heterocycles. The van der Waals surface area contributed by atoms with E-state index in [-0.39, 0.29) is 5.91 Å². The summed E-state index contributed by atoms with van der Waals surface area (Å²) in [5.41, 5.74) is 3.24. The molecule has 2 rings (SSSR count). The molecule has 0 aliphatic heterocycles. The number of benzene rings is 2. The quantitative estimate of drug-likeness (QED) is 0.834. The lowest BCUT2D eigenvalue weighted by atomic mass is 10.0. The number of carbonyl (C=O) groups is 1. The van der Waals surface area contributed by atoms with Gasteiger partial charge in [-0.3, -0.25) is 4.79 Å². The molecule has 0 saturated carbocycles. The van der Waals surface area contributed by atoms with Crippen LogP contribution in [0.4, 0.5) is 5.69 Å². The molecule has 0 bridgehead atoms. The van der Waals surface area contributed by atoms with Gasteiger partial charge < -0.3 is 10.1 Å². The van der Waals surface area contributed by atoms with Gasteiger partial charge in [0.05, 0.1) is 0 Å². The van der Waals surface area contributed by atoms with Gasteiger partial charge in [0.2, 0.25) is 0 Å². The normalized spacial score (nSPS) is 12.0. The number of hydrogen-bond acceptors (Lipinski definition) is 2. The maximum absolute atomic E-state index is 12.3. The maximum atomic E-state index is 12.3. The molecule has 1 atom stereocenters. The molecule has 3 heteroatoms. The van der Waals surface area contributed by atoms with Crippen LogP contribution in [0.25, 0.3) is 0 Å². The fourth-order valence-corrected chi connectivity index (χ4v) is 2.29. The molecule has 1 N–H and O–H groups in total. The molecule has 0 aliphatic carbocycles. The van der Waals surface area contributed by atoms with Gasteiger partial charge in [0, 0.05) is 5.69 Å². The molecule has 0 heterocycles. The predicted octanol–water partition coefficient (Wildman–Crippen LogP) is 4.78. The van der Waals surface area contributed by atoms with Crippen LogP contribution in [0.15, 0.2) is 48.5 Å². The van der Waals surface area contributed by atoms with E-state index in [9.17, 15) is 4.79 Å². The van der Waals surface area contributed by atoms with Crippen LogP contribution in [0.5, 0.6) is 5.75 Å². The molecular formula is C20H25NO2. The number of nitrogens with one attached hydrogen (secondary N) is 1. The smallest absolute Gasteiger partial charge is 0.265 e. The van der Waals surface area contributed by atoms with Crippen molar-refractivity contribution in [3.05, 3.63) is 59.7 Å². The van der Waals surface area contributed by atoms with Crippen LogP contribution in [0.2, 0.25) is 0 Å². The summed E-state index contributed by atoms with van der Waals surface area (Å²) >= 11 is 0. The topological polar surface area (TPSA) is 38.3 Å². The Morgan fingerprint density at radius 3 is 2.39 bits per heavy atom. The molecule has 3 nitrogen and oxygen atoms in total. The molecule has 0 aromatic heterocycles. The van der Waals surface area contributed by atoms with Gasteiger partial charge in [-0.25, -0.2) is 0 Å². The number of rotatable bonds is 6. The third-order valence-corrected chi connectivity index (χ3v) is 3.83. The molecule has 23 heavy (non-hydrogen) atoms. The Labute approximate surface area is 138 Å². The molecule has 0 fully saturated rings. The Morgan fingerprint density at radius 1 is 1.09 bits per heavy atom. The lowest BCUT2D eigenvalue weighted by Crippen LogP contribution is -2.30. The predicted molar refractivity (Wildman–Crippen MR) is 95.1 cm³/mol. The summed E-state index contributed by atoms with van der Waals surface area (Å²) in [5.74, 6) is 1.05. The van der Waals surface area contributed by atoms with E-state index in [0.717, 1.165) is 17.9 Å². The second-order valence-electron chi connectivity index (χ2n) is 6.03. The van der Waals surface area contributed by atoms with E-state index in [1.807, 2.05) is 48.5 Å². The summed E-state index contributed by atoms with van der Waals surface area (Å²) in [6.45, 7) is 8.15. The second-order valence-corrected chi connectivity index (χ2v) is 6.03. The molecule has 122 valence electrons. The minimum absolute atomic E-state index is 0.149. The number of hydrogen-bond donors (Lipinski definition) is 1. The van der Waals surface area contributed by atoms with E-state index in [1.54, 1.807) is 6.92 Å². The van der Waals surface area contributed by atoms with E-state index in [1.165, 1.54) is 11.1 Å². The monoisotopic (exact) mass is 311 g/mol. The maximum Gasteiger partial charge on any atom is 0.265 e. The van der Waals surface area contributed by atoms with E-state index < -0.39 is 6.10 Å². The van der Waals surface area contributed by atoms with Crippen LogP contribution in [-0.2, 0) is 11.2 Å². The molecular weight excluding hydrogens is 286 g/mol. The van der Waals surface area contributed by atoms with Gasteiger partial charge in [0.25, 0.3) is 5.91 Å². The van der Waals surface area contributed by atoms with Crippen molar-refractivity contribution in [2.24, 2.45) is 0 Å². The minimum Gasteiger partial charge on any atom is -0.481 e. The van der Waals surface area contributed by atoms with Crippen LogP contribution in [0, 0.1) is 0 Å². The van der Waals surface area contributed by atoms with E-state index in [0.29, 0.717) is 5.92 Å². The average molecular weight is 311 g/mol. The van der Waals surface area contributed by atoms with Crippen LogP contribution < -0.4 is 10.1 Å². The number of carbonyl (C=O) groups excluding carboxylic acids is 1. The van der Waals surface area contributed by atoms with Crippen molar-refractivity contribution in [1.82, 2.24) is 0 Å². The lowest BCUT2D eigenvalue weighted by Gasteiger charge is -2.15. The number of ether oxygens (including phenoxy) is 1. The SMILES string of the molecule is CCc1cccc(OC(C)C(=O)Nc2ccc(C(C)C)cc2)c1. The van der Waals surface area contributed by atoms with Crippen LogP contribution in [-0.4, -0.2) is 12.0 Å². The lowest BCUT2D eigenvalue weighted by molar-refractivity contribution is -0.122. The van der Waals surface area contributed by atoms with E-state index in [4.69, 9.17) is 4.74 Å². The summed E-state index contributed by atoms with van der Waals surface area (Å²) in [7, 11) is 0. The average Bonchev–Trinajstić information content (AvgIpc) is 2.55. The highest BCUT2D eigenvalue weighted by Crippen LogP contribution is 2.18. The van der Waals surface area contributed by atoms with Crippen molar-refractivity contribution in [1.29, 1.82) is 0 Å². The van der Waals surface area contributed by atoms with Gasteiger partial charge in [-0.05, 0) is 54.7 Å². The first kappa shape index (κ1) is 17.1. The van der Waals surface area contributed by atoms with Crippen molar-refractivity contribution in [3.63, 3.8) is 0 Å². The largest absolute Gasteiger partial charge is 0.481 e. The third kappa shape index (κ3) is 4.85. The van der Waals surface area contributed by atoms with Crippen molar-refractivity contribution in [2.75, 3.05) is 5.32 Å². The summed E-state index contributed by atoms with van der Waals surface area (Å²) in [4.78, 5) is 12.3. The zero-order chi connectivity index (χ0) is 16.8. The highest BCUT2D eigenvalue weighted by atomic mass is 16.5. The summed E-state index contributed by atoms with van der Waals surface area (Å²) in [5, 5.41) is 2.89. The molecule has 1 unspecified atom stereocenters. The Morgan fingerprint density at radius 2 is 1.78 bits per heavy atom. The molecule has 1 amide bonds. The zero-order valence-electron chi connectivity index (χ0n) is 14.3. The Balaban J connectivity index is 1.96. The Hall–Kier alpha value is -2.29. The molecule has 0 aliphatic rings. The van der Waals surface area contributed by atoms with Gasteiger partial charge in [0.15, 0.2) is 6.10 Å². The van der Waals surface area contributed by atoms with Crippen molar-refractivity contribution in [3.8, 4) is 5.75 Å². The number of anilines is 1. The van der Waals surface area contributed by atoms with Crippen LogP contribution >= 0.6 is 0 Å². The molecule has 2 aromatic carbocycles. The van der Waals surface area contributed by atoms with Crippen molar-refractivity contribution >= 4 is 11.6 Å².